The highest BCUT2D eigenvalue weighted by Crippen LogP contribution is 2.16. The van der Waals surface area contributed by atoms with Crippen LogP contribution in [0.4, 0.5) is 5.69 Å². The standard InChI is InChI=1S/C7H5INO2/c8-5-6-2-1-3-7(4-6)9(10)11/h1-5H. The molecule has 57 valence electrons. The number of nitro benzene ring substituents is 1. The molecule has 0 atom stereocenters. The van der Waals surface area contributed by atoms with Crippen LogP contribution < -0.4 is 0 Å². The second-order valence-electron chi connectivity index (χ2n) is 1.96. The van der Waals surface area contributed by atoms with Gasteiger partial charge in [-0.3, -0.25) is 10.1 Å². The van der Waals surface area contributed by atoms with Crippen molar-refractivity contribution in [3.05, 3.63) is 44.4 Å². The molecule has 0 aromatic heterocycles. The van der Waals surface area contributed by atoms with E-state index in [2.05, 4.69) is 0 Å². The zero-order valence-electron chi connectivity index (χ0n) is 5.53. The number of benzene rings is 1. The van der Waals surface area contributed by atoms with E-state index in [1.165, 1.54) is 12.1 Å². The maximum absolute atomic E-state index is 10.3. The predicted molar refractivity (Wildman–Crippen MR) is 50.5 cm³/mol. The molecule has 1 rings (SSSR count). The van der Waals surface area contributed by atoms with Gasteiger partial charge in [0.2, 0.25) is 0 Å². The Hall–Kier alpha value is -0.650. The molecule has 0 aliphatic heterocycles. The van der Waals surface area contributed by atoms with E-state index in [-0.39, 0.29) is 5.69 Å². The van der Waals surface area contributed by atoms with Crippen molar-refractivity contribution in [1.29, 1.82) is 0 Å². The molecule has 0 saturated carbocycles. The van der Waals surface area contributed by atoms with Crippen molar-refractivity contribution < 1.29 is 4.92 Å². The first-order valence-electron chi connectivity index (χ1n) is 2.92. The molecule has 4 heteroatoms. The summed E-state index contributed by atoms with van der Waals surface area (Å²) >= 11 is 2.05. The summed E-state index contributed by atoms with van der Waals surface area (Å²) in [7, 11) is 0. The molecule has 0 spiro atoms. The zero-order valence-corrected chi connectivity index (χ0v) is 7.69. The molecule has 0 aliphatic rings. The Kier molecular flexibility index (Phi) is 2.81. The number of non-ortho nitro benzene ring substituents is 1. The van der Waals surface area contributed by atoms with E-state index in [0.717, 1.165) is 5.56 Å². The lowest BCUT2D eigenvalue weighted by Gasteiger charge is -1.93. The first kappa shape index (κ1) is 8.45. The van der Waals surface area contributed by atoms with Crippen molar-refractivity contribution >= 4 is 28.3 Å². The summed E-state index contributed by atoms with van der Waals surface area (Å²) in [5.74, 6) is 0. The highest BCUT2D eigenvalue weighted by Gasteiger charge is 2.03. The lowest BCUT2D eigenvalue weighted by molar-refractivity contribution is -0.384. The molecule has 1 aromatic rings. The van der Waals surface area contributed by atoms with Crippen LogP contribution in [0.2, 0.25) is 0 Å². The van der Waals surface area contributed by atoms with E-state index in [4.69, 9.17) is 0 Å². The quantitative estimate of drug-likeness (QED) is 0.467. The minimum atomic E-state index is -0.399. The summed E-state index contributed by atoms with van der Waals surface area (Å²) in [5, 5.41) is 10.3. The van der Waals surface area contributed by atoms with Crippen LogP contribution in [0.1, 0.15) is 5.56 Å². The van der Waals surface area contributed by atoms with Gasteiger partial charge in [-0.05, 0) is 5.56 Å². The van der Waals surface area contributed by atoms with Crippen LogP contribution >= 0.6 is 22.6 Å². The lowest BCUT2D eigenvalue weighted by Crippen LogP contribution is -1.87. The third-order valence-corrected chi connectivity index (χ3v) is 1.93. The Morgan fingerprint density at radius 3 is 2.82 bits per heavy atom. The number of halogens is 1. The molecule has 0 fully saturated rings. The Morgan fingerprint density at radius 1 is 1.55 bits per heavy atom. The molecule has 0 heterocycles. The lowest BCUT2D eigenvalue weighted by atomic mass is 10.2. The smallest absolute Gasteiger partial charge is 0.258 e. The van der Waals surface area contributed by atoms with Crippen molar-refractivity contribution in [2.24, 2.45) is 0 Å². The molecule has 0 bridgehead atoms. The maximum Gasteiger partial charge on any atom is 0.269 e. The first-order valence-corrected chi connectivity index (χ1v) is 4.16. The molecule has 1 radical (unpaired) electrons. The summed E-state index contributed by atoms with van der Waals surface area (Å²) in [4.78, 5) is 9.86. The van der Waals surface area contributed by atoms with Gasteiger partial charge < -0.3 is 0 Å². The van der Waals surface area contributed by atoms with Gasteiger partial charge in [0.05, 0.1) is 9.35 Å². The van der Waals surface area contributed by atoms with Gasteiger partial charge in [-0.25, -0.2) is 0 Å². The van der Waals surface area contributed by atoms with E-state index in [0.29, 0.717) is 0 Å². The van der Waals surface area contributed by atoms with Crippen LogP contribution in [0, 0.1) is 14.5 Å². The molecular formula is C7H5INO2. The van der Waals surface area contributed by atoms with Gasteiger partial charge in [0, 0.05) is 12.1 Å². The Bertz CT molecular complexity index is 275. The van der Waals surface area contributed by atoms with Gasteiger partial charge in [0.1, 0.15) is 0 Å². The number of nitro groups is 1. The van der Waals surface area contributed by atoms with Crippen LogP contribution in [0.25, 0.3) is 0 Å². The van der Waals surface area contributed by atoms with Crippen molar-refractivity contribution in [2.75, 3.05) is 0 Å². The average Bonchev–Trinajstić information content (AvgIpc) is 2.05. The first-order chi connectivity index (χ1) is 5.24. The molecule has 0 N–H and O–H groups in total. The fraction of sp³-hybridized carbons (Fsp3) is 0. The van der Waals surface area contributed by atoms with Gasteiger partial charge in [-0.2, -0.15) is 0 Å². The fourth-order valence-corrected chi connectivity index (χ4v) is 1.09. The highest BCUT2D eigenvalue weighted by molar-refractivity contribution is 14.1. The molecule has 11 heavy (non-hydrogen) atoms. The van der Waals surface area contributed by atoms with E-state index in [9.17, 15) is 10.1 Å². The fourth-order valence-electron chi connectivity index (χ4n) is 0.706. The molecule has 0 unspecified atom stereocenters. The van der Waals surface area contributed by atoms with Crippen LogP contribution in [0.3, 0.4) is 0 Å². The topological polar surface area (TPSA) is 43.1 Å². The number of hydrogen-bond acceptors (Lipinski definition) is 2. The van der Waals surface area contributed by atoms with Crippen LogP contribution in [0.15, 0.2) is 24.3 Å². The van der Waals surface area contributed by atoms with Crippen molar-refractivity contribution in [1.82, 2.24) is 0 Å². The maximum atomic E-state index is 10.3. The normalized spacial score (nSPS) is 9.55. The summed E-state index contributed by atoms with van der Waals surface area (Å²) in [6, 6.07) is 6.50. The Morgan fingerprint density at radius 2 is 2.27 bits per heavy atom. The van der Waals surface area contributed by atoms with E-state index >= 15 is 0 Å². The molecule has 3 nitrogen and oxygen atoms in total. The van der Waals surface area contributed by atoms with Crippen molar-refractivity contribution in [3.63, 3.8) is 0 Å². The van der Waals surface area contributed by atoms with Gasteiger partial charge >= 0.3 is 0 Å². The van der Waals surface area contributed by atoms with Gasteiger partial charge in [-0.1, -0.05) is 34.7 Å². The van der Waals surface area contributed by atoms with Gasteiger partial charge in [0.15, 0.2) is 0 Å². The molecule has 0 saturated heterocycles. The minimum absolute atomic E-state index is 0.135. The second kappa shape index (κ2) is 3.66. The summed E-state index contributed by atoms with van der Waals surface area (Å²) in [6.45, 7) is 0. The van der Waals surface area contributed by atoms with E-state index in [1.807, 2.05) is 28.7 Å². The number of hydrogen-bond donors (Lipinski definition) is 0. The van der Waals surface area contributed by atoms with E-state index in [1.54, 1.807) is 10.5 Å². The van der Waals surface area contributed by atoms with Gasteiger partial charge in [0.25, 0.3) is 5.69 Å². The Balaban J connectivity index is 3.01. The summed E-state index contributed by atoms with van der Waals surface area (Å²) in [5.41, 5.74) is 0.996. The van der Waals surface area contributed by atoms with Crippen LogP contribution in [0.5, 0.6) is 0 Å². The summed E-state index contributed by atoms with van der Waals surface area (Å²) in [6.07, 6.45) is 0. The summed E-state index contributed by atoms with van der Waals surface area (Å²) < 4.78 is 1.80. The minimum Gasteiger partial charge on any atom is -0.258 e. The SMILES string of the molecule is O=[N+]([O-])c1cccc([CH]I)c1. The van der Waals surface area contributed by atoms with Crippen LogP contribution in [-0.2, 0) is 0 Å². The van der Waals surface area contributed by atoms with Crippen molar-refractivity contribution in [2.45, 2.75) is 0 Å². The van der Waals surface area contributed by atoms with E-state index < -0.39 is 4.92 Å². The third-order valence-electron chi connectivity index (χ3n) is 1.21. The number of nitrogens with zero attached hydrogens (tertiary/aromatic N) is 1. The predicted octanol–water partition coefficient (Wildman–Crippen LogP) is 2.54. The van der Waals surface area contributed by atoms with Crippen molar-refractivity contribution in [3.8, 4) is 0 Å². The molecule has 1 aromatic carbocycles. The largest absolute Gasteiger partial charge is 0.269 e. The zero-order chi connectivity index (χ0) is 8.27. The molecular weight excluding hydrogens is 257 g/mol. The highest BCUT2D eigenvalue weighted by atomic mass is 127. The molecule has 0 amide bonds. The van der Waals surface area contributed by atoms with Gasteiger partial charge in [-0.15, -0.1) is 0 Å². The van der Waals surface area contributed by atoms with Crippen LogP contribution in [-0.4, -0.2) is 4.92 Å². The number of rotatable bonds is 2. The monoisotopic (exact) mass is 262 g/mol. The average molecular weight is 262 g/mol. The second-order valence-corrected chi connectivity index (χ2v) is 2.58. The Labute approximate surface area is 77.7 Å². The third kappa shape index (κ3) is 2.14. The molecule has 0 aliphatic carbocycles.